The number of ether oxygens (including phenoxy) is 1. The molecule has 0 aliphatic carbocycles. The first-order valence-electron chi connectivity index (χ1n) is 13.7. The van der Waals surface area contributed by atoms with Crippen LogP contribution in [0.5, 0.6) is 0 Å². The molecule has 38 heavy (non-hydrogen) atoms. The highest BCUT2D eigenvalue weighted by molar-refractivity contribution is 6.84. The molecular weight excluding hydrogens is 518 g/mol. The largest absolute Gasteiger partial charge is 0.414 e. The van der Waals surface area contributed by atoms with Crippen LogP contribution in [0.3, 0.4) is 0 Å². The van der Waals surface area contributed by atoms with Crippen molar-refractivity contribution in [3.8, 4) is 0 Å². The van der Waals surface area contributed by atoms with Crippen LogP contribution in [0.4, 0.5) is 11.5 Å². The van der Waals surface area contributed by atoms with Crippen molar-refractivity contribution in [3.63, 3.8) is 0 Å². The van der Waals surface area contributed by atoms with Gasteiger partial charge in [0.1, 0.15) is 24.1 Å². The molecule has 0 spiro atoms. The lowest BCUT2D eigenvalue weighted by molar-refractivity contribution is -0.0600. The fourth-order valence-corrected chi connectivity index (χ4v) is 16.9. The Morgan fingerprint density at radius 3 is 2.11 bits per heavy atom. The highest BCUT2D eigenvalue weighted by Crippen LogP contribution is 2.48. The van der Waals surface area contributed by atoms with Crippen molar-refractivity contribution in [3.05, 3.63) is 53.1 Å². The van der Waals surface area contributed by atoms with Gasteiger partial charge in [-0.2, -0.15) is 4.98 Å². The molecule has 2 N–H and O–H groups in total. The van der Waals surface area contributed by atoms with E-state index >= 15 is 0 Å². The zero-order valence-electron chi connectivity index (χ0n) is 23.8. The second-order valence-corrected chi connectivity index (χ2v) is 20.5. The van der Waals surface area contributed by atoms with E-state index in [9.17, 15) is 9.90 Å². The molecule has 1 unspecified atom stereocenters. The van der Waals surface area contributed by atoms with Gasteiger partial charge in [0.15, 0.2) is 6.23 Å². The Morgan fingerprint density at radius 2 is 1.55 bits per heavy atom. The normalized spacial score (nSPS) is 27.0. The molecule has 2 aromatic rings. The maximum absolute atomic E-state index is 13.1. The second-order valence-electron chi connectivity index (χ2n) is 11.6. The van der Waals surface area contributed by atoms with Crippen molar-refractivity contribution < 1.29 is 22.8 Å². The summed E-state index contributed by atoms with van der Waals surface area (Å²) in [6.07, 6.45) is -1.66. The molecule has 4 rings (SSSR count). The van der Waals surface area contributed by atoms with E-state index < -0.39 is 47.4 Å². The number of aliphatic hydroxyl groups excluding tert-OH is 1. The quantitative estimate of drug-likeness (QED) is 0.445. The van der Waals surface area contributed by atoms with E-state index in [2.05, 4.69) is 65.7 Å². The van der Waals surface area contributed by atoms with Crippen molar-refractivity contribution in [2.24, 2.45) is 0 Å². The molecule has 4 atom stereocenters. The molecule has 1 aromatic carbocycles. The first kappa shape index (κ1) is 29.1. The van der Waals surface area contributed by atoms with E-state index in [1.807, 2.05) is 30.3 Å². The molecule has 2 aliphatic heterocycles. The third-order valence-corrected chi connectivity index (χ3v) is 18.0. The van der Waals surface area contributed by atoms with Crippen molar-refractivity contribution in [2.45, 2.75) is 102 Å². The molecule has 3 heterocycles. The highest BCUT2D eigenvalue weighted by atomic mass is 28.5. The van der Waals surface area contributed by atoms with Crippen molar-refractivity contribution in [1.82, 2.24) is 9.55 Å². The number of benzene rings is 1. The van der Waals surface area contributed by atoms with Crippen molar-refractivity contribution in [1.29, 1.82) is 0 Å². The molecule has 1 aromatic heterocycles. The third-order valence-electron chi connectivity index (χ3n) is 7.79. The lowest BCUT2D eigenvalue weighted by Gasteiger charge is -2.51. The number of para-hydroxylation sites is 1. The minimum absolute atomic E-state index is 0.119. The van der Waals surface area contributed by atoms with Crippen molar-refractivity contribution >= 4 is 28.6 Å². The molecule has 0 saturated carbocycles. The van der Waals surface area contributed by atoms with Crippen LogP contribution in [-0.2, 0) is 17.7 Å². The van der Waals surface area contributed by atoms with Gasteiger partial charge in [0.05, 0.1) is 6.61 Å². The van der Waals surface area contributed by atoms with Crippen LogP contribution in [0, 0.1) is 0 Å². The van der Waals surface area contributed by atoms with E-state index in [0.717, 1.165) is 5.69 Å². The van der Waals surface area contributed by atoms with Gasteiger partial charge in [0.25, 0.3) is 0 Å². The molecule has 0 radical (unpaired) electrons. The van der Waals surface area contributed by atoms with Crippen LogP contribution in [-0.4, -0.2) is 56.7 Å². The molecule has 11 heteroatoms. The number of hydrogen-bond donors (Lipinski definition) is 2. The molecule has 2 aliphatic rings. The maximum Gasteiger partial charge on any atom is 0.351 e. The lowest BCUT2D eigenvalue weighted by atomic mass is 10.1. The summed E-state index contributed by atoms with van der Waals surface area (Å²) in [6, 6.07) is 11.2. The van der Waals surface area contributed by atoms with Gasteiger partial charge in [0.2, 0.25) is 0 Å². The van der Waals surface area contributed by atoms with Crippen molar-refractivity contribution in [2.75, 3.05) is 11.9 Å². The molecule has 2 saturated heterocycles. The van der Waals surface area contributed by atoms with Crippen LogP contribution in [0.2, 0.25) is 22.2 Å². The molecule has 0 bridgehead atoms. The Balaban J connectivity index is 1.67. The van der Waals surface area contributed by atoms with E-state index in [4.69, 9.17) is 17.7 Å². The Labute approximate surface area is 228 Å². The molecule has 0 amide bonds. The highest BCUT2D eigenvalue weighted by Gasteiger charge is 2.61. The summed E-state index contributed by atoms with van der Waals surface area (Å²) >= 11 is 0. The Morgan fingerprint density at radius 1 is 0.947 bits per heavy atom. The summed E-state index contributed by atoms with van der Waals surface area (Å²) in [5.41, 5.74) is 0.938. The van der Waals surface area contributed by atoms with Gasteiger partial charge in [-0.05, 0) is 40.4 Å². The monoisotopic (exact) mass is 561 g/mol. The molecule has 9 nitrogen and oxygen atoms in total. The number of fused-ring (bicyclic) bond motifs is 1. The van der Waals surface area contributed by atoms with E-state index in [1.165, 1.54) is 4.57 Å². The molecule has 2 fully saturated rings. The van der Waals surface area contributed by atoms with Crippen LogP contribution >= 0.6 is 0 Å². The minimum Gasteiger partial charge on any atom is -0.414 e. The first-order valence-corrected chi connectivity index (χ1v) is 17.6. The fraction of sp³-hybridized carbons (Fsp3) is 0.630. The van der Waals surface area contributed by atoms with E-state index in [-0.39, 0.29) is 28.8 Å². The second kappa shape index (κ2) is 11.3. The summed E-state index contributed by atoms with van der Waals surface area (Å²) < 4.78 is 28.5. The number of rotatable bonds is 7. The van der Waals surface area contributed by atoms with Crippen LogP contribution < -0.4 is 11.0 Å². The summed E-state index contributed by atoms with van der Waals surface area (Å²) in [5, 5.41) is 14.6. The number of nitrogens with one attached hydrogen (secondary N) is 1. The average Bonchev–Trinajstić information content (AvgIpc) is 3.13. The third kappa shape index (κ3) is 5.29. The van der Waals surface area contributed by atoms with Crippen LogP contribution in [0.15, 0.2) is 47.4 Å². The summed E-state index contributed by atoms with van der Waals surface area (Å²) in [6.45, 7) is 17.4. The summed E-state index contributed by atoms with van der Waals surface area (Å²) in [7, 11) is -5.65. The smallest absolute Gasteiger partial charge is 0.351 e. The van der Waals surface area contributed by atoms with Gasteiger partial charge in [-0.1, -0.05) is 73.6 Å². The average molecular weight is 562 g/mol. The number of anilines is 2. The van der Waals surface area contributed by atoms with E-state index in [1.54, 1.807) is 12.3 Å². The van der Waals surface area contributed by atoms with Gasteiger partial charge in [-0.3, -0.25) is 4.57 Å². The zero-order valence-corrected chi connectivity index (χ0v) is 25.8. The van der Waals surface area contributed by atoms with Gasteiger partial charge >= 0.3 is 22.8 Å². The predicted molar refractivity (Wildman–Crippen MR) is 152 cm³/mol. The SMILES string of the molecule is CC(C)[Si]1(C(C)C)OC[C@H]2O[C@@H](n3ccc(Nc4ccccc4)nc3=O)[C@@H](O)C2O[Si](C(C)C)(C(C)C)O1. The summed E-state index contributed by atoms with van der Waals surface area (Å²) in [5.74, 6) is 0.416. The Kier molecular flexibility index (Phi) is 8.68. The predicted octanol–water partition coefficient (Wildman–Crippen LogP) is 5.20. The molecule has 210 valence electrons. The van der Waals surface area contributed by atoms with E-state index in [0.29, 0.717) is 5.82 Å². The minimum atomic E-state index is -2.92. The first-order chi connectivity index (χ1) is 17.9. The van der Waals surface area contributed by atoms with Gasteiger partial charge in [0, 0.05) is 11.9 Å². The Hall–Kier alpha value is -1.87. The molecular formula is C27H43N3O6Si2. The zero-order chi connectivity index (χ0) is 27.8. The Bertz CT molecular complexity index is 1130. The standard InChI is InChI=1S/C27H43N3O6Si2/c1-17(2)37(18(3)4)33-16-22-25(35-38(36-37,19(5)6)20(7)8)24(31)26(34-22)30-15-14-23(29-27(30)32)28-21-12-10-9-11-13-21/h9-15,17-20,22,24-26,31H,16H2,1-8H3,(H,28,29,32)/t22-,24+,25?,26-/m1/s1. The van der Waals surface area contributed by atoms with Gasteiger partial charge in [-0.25, -0.2) is 4.79 Å². The lowest BCUT2D eigenvalue weighted by Crippen LogP contribution is -2.65. The van der Waals surface area contributed by atoms with Gasteiger partial charge < -0.3 is 28.1 Å². The summed E-state index contributed by atoms with van der Waals surface area (Å²) in [4.78, 5) is 17.2. The topological polar surface area (TPSA) is 104 Å². The number of aliphatic hydroxyl groups is 1. The maximum atomic E-state index is 13.1. The number of nitrogens with zero attached hydrogens (tertiary/aromatic N) is 2. The van der Waals surface area contributed by atoms with Gasteiger partial charge in [-0.15, -0.1) is 0 Å². The number of aromatic nitrogens is 2. The fourth-order valence-electron chi connectivity index (χ4n) is 5.71. The number of hydrogen-bond acceptors (Lipinski definition) is 8. The van der Waals surface area contributed by atoms with Crippen LogP contribution in [0.1, 0.15) is 61.6 Å². The van der Waals surface area contributed by atoms with Crippen LogP contribution in [0.25, 0.3) is 0 Å².